The van der Waals surface area contributed by atoms with Crippen molar-refractivity contribution in [3.63, 3.8) is 0 Å². The minimum Gasteiger partial charge on any atom is -0.492 e. The lowest BCUT2D eigenvalue weighted by Crippen LogP contribution is -2.41. The van der Waals surface area contributed by atoms with Crippen LogP contribution in [0.15, 0.2) is 60.7 Å². The summed E-state index contributed by atoms with van der Waals surface area (Å²) in [5.74, 6) is -1.05. The van der Waals surface area contributed by atoms with Crippen LogP contribution in [0.5, 0.6) is 11.5 Å². The molecule has 0 saturated heterocycles. The van der Waals surface area contributed by atoms with Crippen LogP contribution >= 0.6 is 34.8 Å². The van der Waals surface area contributed by atoms with E-state index < -0.39 is 33.3 Å². The van der Waals surface area contributed by atoms with Gasteiger partial charge in [0.1, 0.15) is 11.8 Å². The Morgan fingerprint density at radius 2 is 1.64 bits per heavy atom. The van der Waals surface area contributed by atoms with Crippen molar-refractivity contribution in [2.75, 3.05) is 6.61 Å². The lowest BCUT2D eigenvalue weighted by molar-refractivity contribution is -0.386. The van der Waals surface area contributed by atoms with Gasteiger partial charge in [-0.15, -0.1) is 0 Å². The third-order valence-electron chi connectivity index (χ3n) is 4.91. The molecule has 0 amide bonds. The van der Waals surface area contributed by atoms with E-state index in [1.54, 1.807) is 0 Å². The number of Topliss-reactive ketones (excluding diaryl/α,β-unsaturated/α-hetero) is 1. The maximum absolute atomic E-state index is 13.4. The zero-order valence-corrected chi connectivity index (χ0v) is 20.3. The summed E-state index contributed by atoms with van der Waals surface area (Å²) in [5.41, 5.74) is -3.05. The average molecular weight is 551 g/mol. The van der Waals surface area contributed by atoms with Crippen molar-refractivity contribution in [3.05, 3.63) is 102 Å². The molecule has 0 bridgehead atoms. The van der Waals surface area contributed by atoms with Gasteiger partial charge in [0, 0.05) is 30.2 Å². The van der Waals surface area contributed by atoms with E-state index in [4.69, 9.17) is 44.3 Å². The Hall–Kier alpha value is -3.91. The monoisotopic (exact) mass is 549 g/mol. The molecule has 36 heavy (non-hydrogen) atoms. The summed E-state index contributed by atoms with van der Waals surface area (Å²) >= 11 is 18.1. The molecule has 3 rings (SSSR count). The predicted molar refractivity (Wildman–Crippen MR) is 131 cm³/mol. The van der Waals surface area contributed by atoms with Crippen molar-refractivity contribution in [2.24, 2.45) is 0 Å². The van der Waals surface area contributed by atoms with E-state index in [1.807, 2.05) is 6.07 Å². The van der Waals surface area contributed by atoms with Gasteiger partial charge in [0.25, 0.3) is 11.3 Å². The zero-order chi connectivity index (χ0) is 26.5. The number of nitriles is 1. The molecule has 184 valence electrons. The molecule has 0 heterocycles. The fraction of sp³-hybridized carbons (Fsp3) is 0.130. The van der Waals surface area contributed by atoms with E-state index in [1.165, 1.54) is 48.5 Å². The number of carbonyl (C=O) groups is 1. The molecule has 3 aromatic rings. The summed E-state index contributed by atoms with van der Waals surface area (Å²) in [6.07, 6.45) is -0.401. The molecular weight excluding hydrogens is 537 g/mol. The highest BCUT2D eigenvalue weighted by molar-refractivity contribution is 6.42. The molecule has 0 N–H and O–H groups in total. The van der Waals surface area contributed by atoms with Gasteiger partial charge in [-0.3, -0.25) is 25.0 Å². The summed E-state index contributed by atoms with van der Waals surface area (Å²) in [5, 5.41) is 32.6. The van der Waals surface area contributed by atoms with Crippen molar-refractivity contribution in [2.45, 2.75) is 12.0 Å². The second kappa shape index (κ2) is 11.2. The molecule has 0 aromatic heterocycles. The number of halogens is 3. The Kier molecular flexibility index (Phi) is 8.32. The zero-order valence-electron chi connectivity index (χ0n) is 18.0. The molecule has 1 unspecified atom stereocenters. The lowest BCUT2D eigenvalue weighted by Gasteiger charge is -2.27. The molecular formula is C23H14Cl3N3O7. The number of ketones is 1. The number of hydrogen-bond donors (Lipinski definition) is 0. The van der Waals surface area contributed by atoms with Crippen molar-refractivity contribution >= 4 is 52.0 Å². The number of benzene rings is 3. The highest BCUT2D eigenvalue weighted by Gasteiger charge is 2.44. The third kappa shape index (κ3) is 5.66. The Morgan fingerprint density at radius 1 is 0.917 bits per heavy atom. The van der Waals surface area contributed by atoms with Crippen LogP contribution in [-0.4, -0.2) is 22.2 Å². The van der Waals surface area contributed by atoms with Crippen LogP contribution in [0.4, 0.5) is 11.4 Å². The minimum absolute atomic E-state index is 0.00378. The van der Waals surface area contributed by atoms with Crippen LogP contribution in [0, 0.1) is 31.6 Å². The lowest BCUT2D eigenvalue weighted by atomic mass is 9.88. The Labute approximate surface area is 218 Å². The average Bonchev–Trinajstić information content (AvgIpc) is 2.85. The number of nitro groups is 2. The number of nitrogens with zero attached hydrogens (tertiary/aromatic N) is 3. The standard InChI is InChI=1S/C23H14Cl3N3O7/c24-16-7-5-14(11-17(16)25)23(13-27,36-21-4-2-1-3-19(21)29(33)34)22(30)9-10-35-20-8-6-15(28(31)32)12-18(20)26/h1-8,11-12H,9-10H2. The van der Waals surface area contributed by atoms with Crippen LogP contribution in [0.3, 0.4) is 0 Å². The minimum atomic E-state index is -2.34. The van der Waals surface area contributed by atoms with Crippen molar-refractivity contribution in [1.29, 1.82) is 5.26 Å². The SMILES string of the molecule is N#CC(Oc1ccccc1[N+](=O)[O-])(C(=O)CCOc1ccc([N+](=O)[O-])cc1Cl)c1ccc(Cl)c(Cl)c1. The summed E-state index contributed by atoms with van der Waals surface area (Å²) in [6, 6.07) is 14.6. The van der Waals surface area contributed by atoms with Crippen LogP contribution < -0.4 is 9.47 Å². The van der Waals surface area contributed by atoms with Gasteiger partial charge in [-0.25, -0.2) is 0 Å². The molecule has 0 spiro atoms. The van der Waals surface area contributed by atoms with Gasteiger partial charge in [-0.2, -0.15) is 5.26 Å². The Morgan fingerprint density at radius 3 is 2.25 bits per heavy atom. The highest BCUT2D eigenvalue weighted by atomic mass is 35.5. The van der Waals surface area contributed by atoms with Gasteiger partial charge < -0.3 is 9.47 Å². The van der Waals surface area contributed by atoms with Crippen LogP contribution in [0.2, 0.25) is 15.1 Å². The van der Waals surface area contributed by atoms with Gasteiger partial charge in [0.15, 0.2) is 11.5 Å². The number of para-hydroxylation sites is 2. The van der Waals surface area contributed by atoms with E-state index in [0.29, 0.717) is 0 Å². The number of ether oxygens (including phenoxy) is 2. The molecule has 0 aliphatic heterocycles. The smallest absolute Gasteiger partial charge is 0.311 e. The maximum Gasteiger partial charge on any atom is 0.311 e. The Bertz CT molecular complexity index is 1390. The highest BCUT2D eigenvalue weighted by Crippen LogP contribution is 2.37. The first-order valence-corrected chi connectivity index (χ1v) is 11.1. The van der Waals surface area contributed by atoms with Crippen LogP contribution in [-0.2, 0) is 10.4 Å². The number of nitro benzene ring substituents is 2. The maximum atomic E-state index is 13.4. The Balaban J connectivity index is 1.94. The molecule has 0 fully saturated rings. The molecule has 13 heteroatoms. The van der Waals surface area contributed by atoms with E-state index in [0.717, 1.165) is 12.1 Å². The summed E-state index contributed by atoms with van der Waals surface area (Å²) < 4.78 is 11.2. The number of carbonyl (C=O) groups excluding carboxylic acids is 1. The second-order valence-corrected chi connectivity index (χ2v) is 8.36. The van der Waals surface area contributed by atoms with Crippen LogP contribution in [0.25, 0.3) is 0 Å². The molecule has 3 aromatic carbocycles. The van der Waals surface area contributed by atoms with Gasteiger partial charge in [0.2, 0.25) is 0 Å². The quantitative estimate of drug-likeness (QED) is 0.211. The first-order chi connectivity index (χ1) is 17.1. The van der Waals surface area contributed by atoms with Crippen molar-refractivity contribution in [1.82, 2.24) is 0 Å². The molecule has 10 nitrogen and oxygen atoms in total. The second-order valence-electron chi connectivity index (χ2n) is 7.14. The predicted octanol–water partition coefficient (Wildman–Crippen LogP) is 6.30. The normalized spacial score (nSPS) is 12.2. The molecule has 0 aliphatic rings. The molecule has 1 atom stereocenters. The fourth-order valence-electron chi connectivity index (χ4n) is 3.15. The van der Waals surface area contributed by atoms with E-state index >= 15 is 0 Å². The van der Waals surface area contributed by atoms with Gasteiger partial charge in [-0.1, -0.05) is 53.0 Å². The van der Waals surface area contributed by atoms with E-state index in [9.17, 15) is 30.3 Å². The van der Waals surface area contributed by atoms with Crippen molar-refractivity contribution in [3.8, 4) is 17.6 Å². The first-order valence-electron chi connectivity index (χ1n) is 9.98. The van der Waals surface area contributed by atoms with Gasteiger partial charge >= 0.3 is 5.69 Å². The van der Waals surface area contributed by atoms with E-state index in [2.05, 4.69) is 0 Å². The summed E-state index contributed by atoms with van der Waals surface area (Å²) in [4.78, 5) is 34.4. The topological polar surface area (TPSA) is 146 Å². The number of rotatable bonds is 10. The molecule has 0 saturated carbocycles. The van der Waals surface area contributed by atoms with Gasteiger partial charge in [0.05, 0.1) is 31.5 Å². The number of non-ortho nitro benzene ring substituents is 1. The largest absolute Gasteiger partial charge is 0.492 e. The molecule has 0 radical (unpaired) electrons. The third-order valence-corrected chi connectivity index (χ3v) is 5.95. The van der Waals surface area contributed by atoms with Crippen LogP contribution in [0.1, 0.15) is 12.0 Å². The fourth-order valence-corrected chi connectivity index (χ4v) is 3.68. The number of hydrogen-bond acceptors (Lipinski definition) is 8. The first kappa shape index (κ1) is 26.7. The van der Waals surface area contributed by atoms with Gasteiger partial charge in [-0.05, 0) is 24.3 Å². The van der Waals surface area contributed by atoms with Crippen molar-refractivity contribution < 1.29 is 24.1 Å². The molecule has 0 aliphatic carbocycles. The van der Waals surface area contributed by atoms with E-state index in [-0.39, 0.29) is 44.4 Å². The summed E-state index contributed by atoms with van der Waals surface area (Å²) in [7, 11) is 0. The summed E-state index contributed by atoms with van der Waals surface area (Å²) in [6.45, 7) is -0.290.